The monoisotopic (exact) mass is 913 g/mol. The lowest BCUT2D eigenvalue weighted by molar-refractivity contribution is 0.0512. The summed E-state index contributed by atoms with van der Waals surface area (Å²) in [5.41, 5.74) is 4.20. The molecule has 2 atom stereocenters. The number of halogens is 4. The van der Waals surface area contributed by atoms with Crippen molar-refractivity contribution in [2.45, 2.75) is 109 Å². The smallest absolute Gasteiger partial charge is 0.319 e. The number of fused-ring (bicyclic) bond motifs is 4. The predicted molar refractivity (Wildman–Crippen MR) is 247 cm³/mol. The molecule has 2 saturated heterocycles. The van der Waals surface area contributed by atoms with Crippen molar-refractivity contribution in [3.05, 3.63) is 70.8 Å². The zero-order valence-corrected chi connectivity index (χ0v) is 39.8. The summed E-state index contributed by atoms with van der Waals surface area (Å²) in [4.78, 5) is 27.9. The summed E-state index contributed by atoms with van der Waals surface area (Å²) in [7, 11) is 2.38. The molecule has 0 bridgehead atoms. The second-order valence-electron chi connectivity index (χ2n) is 19.0. The van der Waals surface area contributed by atoms with Crippen molar-refractivity contribution >= 4 is 41.5 Å². The van der Waals surface area contributed by atoms with Crippen LogP contribution in [-0.4, -0.2) is 109 Å². The highest BCUT2D eigenvalue weighted by atomic mass is 28.3. The SMILES string of the molecule is COCOc1cc(-c2c(F)cc3c(N4CCCn5nc(C(=O)N(C)C)cc5C4)nc(OC[C@@]45CCCN4C[C@H](F)C5)nc3c2F)c2c(C#C[Si](C(C)C)(C(C)C)C(C)C)c(F)ccc2c1. The summed E-state index contributed by atoms with van der Waals surface area (Å²) in [6.07, 6.45) is 1.49. The molecule has 0 unspecified atom stereocenters. The summed E-state index contributed by atoms with van der Waals surface area (Å²) >= 11 is 0. The number of ether oxygens (including phenoxy) is 3. The van der Waals surface area contributed by atoms with Crippen molar-refractivity contribution in [2.75, 3.05) is 59.1 Å². The average molecular weight is 914 g/mol. The van der Waals surface area contributed by atoms with Crippen LogP contribution in [0.4, 0.5) is 23.4 Å². The highest BCUT2D eigenvalue weighted by molar-refractivity contribution is 6.90. The highest BCUT2D eigenvalue weighted by Crippen LogP contribution is 2.45. The molecule has 0 saturated carbocycles. The Bertz CT molecular complexity index is 2680. The lowest BCUT2D eigenvalue weighted by Gasteiger charge is -2.38. The van der Waals surface area contributed by atoms with Gasteiger partial charge >= 0.3 is 6.01 Å². The molecule has 0 radical (unpaired) electrons. The van der Waals surface area contributed by atoms with Gasteiger partial charge in [0.1, 0.15) is 49.6 Å². The van der Waals surface area contributed by atoms with E-state index in [0.717, 1.165) is 25.1 Å². The number of hydrogen-bond acceptors (Lipinski definition) is 9. The Morgan fingerprint density at radius 3 is 2.42 bits per heavy atom. The summed E-state index contributed by atoms with van der Waals surface area (Å²) < 4.78 is 85.8. The van der Waals surface area contributed by atoms with E-state index in [-0.39, 0.29) is 93.2 Å². The van der Waals surface area contributed by atoms with Crippen molar-refractivity contribution in [3.63, 3.8) is 0 Å². The molecule has 8 rings (SSSR count). The standard InChI is InChI=1S/C49H59F4N7O4Si/c1-29(2)65(30(3)4,31(5)6)19-14-36-39(51)13-12-32-20-35(64-28-62-9)22-37(42(32)36)43-40(52)23-38-45(44(43)53)54-48(63-27-49-15-10-17-59(49)25-33(50)24-49)55-46(38)58-16-11-18-60-34(26-58)21-41(56-60)47(61)57(7)8/h12-13,20-23,29-31,33H,10-11,15-18,24-28H2,1-9H3/t33-,49+/m1/s1. The Labute approximate surface area is 379 Å². The van der Waals surface area contributed by atoms with Gasteiger partial charge in [-0.3, -0.25) is 14.4 Å². The molecule has 65 heavy (non-hydrogen) atoms. The Morgan fingerprint density at radius 1 is 0.954 bits per heavy atom. The van der Waals surface area contributed by atoms with E-state index >= 15 is 13.2 Å². The molecule has 3 aliphatic rings. The molecule has 5 aromatic rings. The topological polar surface area (TPSA) is 98.1 Å². The maximum atomic E-state index is 18.0. The minimum atomic E-state index is -2.40. The lowest BCUT2D eigenvalue weighted by atomic mass is 9.92. The first-order chi connectivity index (χ1) is 31.0. The minimum absolute atomic E-state index is 0.0278. The zero-order valence-electron chi connectivity index (χ0n) is 38.8. The Kier molecular flexibility index (Phi) is 13.0. The molecule has 5 heterocycles. The minimum Gasteiger partial charge on any atom is -0.468 e. The molecule has 3 aliphatic heterocycles. The van der Waals surface area contributed by atoms with E-state index in [0.29, 0.717) is 37.9 Å². The number of aryl methyl sites for hydroxylation is 1. The van der Waals surface area contributed by atoms with Gasteiger partial charge in [-0.2, -0.15) is 15.1 Å². The van der Waals surface area contributed by atoms with Gasteiger partial charge in [-0.1, -0.05) is 53.5 Å². The molecule has 1 amide bonds. The van der Waals surface area contributed by atoms with Crippen molar-refractivity contribution in [3.8, 4) is 34.4 Å². The molecule has 0 spiro atoms. The number of alkyl halides is 1. The Balaban J connectivity index is 1.34. The maximum absolute atomic E-state index is 18.0. The van der Waals surface area contributed by atoms with Gasteiger partial charge < -0.3 is 24.0 Å². The van der Waals surface area contributed by atoms with E-state index in [1.54, 1.807) is 37.0 Å². The fraction of sp³-hybridized carbons (Fsp3) is 0.510. The van der Waals surface area contributed by atoms with E-state index in [2.05, 4.69) is 68.0 Å². The van der Waals surface area contributed by atoms with E-state index < -0.39 is 42.8 Å². The quantitative estimate of drug-likeness (QED) is 0.0525. The van der Waals surface area contributed by atoms with Gasteiger partial charge in [-0.05, 0) is 78.1 Å². The molecule has 11 nitrogen and oxygen atoms in total. The molecule has 0 aliphatic carbocycles. The number of carbonyl (C=O) groups excluding carboxylic acids is 1. The molecule has 346 valence electrons. The highest BCUT2D eigenvalue weighted by Gasteiger charge is 2.49. The zero-order chi connectivity index (χ0) is 46.5. The third-order valence-corrected chi connectivity index (χ3v) is 20.2. The number of amides is 1. The summed E-state index contributed by atoms with van der Waals surface area (Å²) in [5.74, 6) is 0.912. The van der Waals surface area contributed by atoms with Gasteiger partial charge in [-0.25, -0.2) is 17.6 Å². The van der Waals surface area contributed by atoms with Crippen LogP contribution in [-0.2, 0) is 17.8 Å². The van der Waals surface area contributed by atoms with Gasteiger partial charge in [0.15, 0.2) is 18.3 Å². The van der Waals surface area contributed by atoms with Gasteiger partial charge in [0, 0.05) is 63.6 Å². The summed E-state index contributed by atoms with van der Waals surface area (Å²) in [5, 5.41) is 5.36. The maximum Gasteiger partial charge on any atom is 0.319 e. The van der Waals surface area contributed by atoms with Crippen molar-refractivity contribution in [2.24, 2.45) is 0 Å². The molecule has 2 aromatic heterocycles. The van der Waals surface area contributed by atoms with Crippen molar-refractivity contribution < 1.29 is 36.6 Å². The van der Waals surface area contributed by atoms with E-state index in [4.69, 9.17) is 19.2 Å². The van der Waals surface area contributed by atoms with Crippen LogP contribution in [0.15, 0.2) is 36.4 Å². The number of methoxy groups -OCH3 is 1. The number of rotatable bonds is 12. The van der Waals surface area contributed by atoms with Gasteiger partial charge in [0.05, 0.1) is 28.9 Å². The van der Waals surface area contributed by atoms with Crippen LogP contribution < -0.4 is 14.4 Å². The first-order valence-electron chi connectivity index (χ1n) is 22.6. The lowest BCUT2D eigenvalue weighted by Crippen LogP contribution is -2.43. The summed E-state index contributed by atoms with van der Waals surface area (Å²) in [6.45, 7) is 15.1. The number of hydrogen-bond donors (Lipinski definition) is 0. The molecule has 2 fully saturated rings. The molecule has 3 aromatic carbocycles. The average Bonchev–Trinajstić information content (AvgIpc) is 3.89. The second kappa shape index (κ2) is 18.2. The van der Waals surface area contributed by atoms with Crippen molar-refractivity contribution in [1.82, 2.24) is 29.5 Å². The van der Waals surface area contributed by atoms with Crippen LogP contribution in [0, 0.1) is 28.9 Å². The van der Waals surface area contributed by atoms with Gasteiger partial charge in [0.2, 0.25) is 0 Å². The van der Waals surface area contributed by atoms with Gasteiger partial charge in [0.25, 0.3) is 5.91 Å². The Morgan fingerprint density at radius 2 is 1.71 bits per heavy atom. The molecule has 0 N–H and O–H groups in total. The van der Waals surface area contributed by atoms with Crippen molar-refractivity contribution in [1.29, 1.82) is 0 Å². The fourth-order valence-corrected chi connectivity index (χ4v) is 16.1. The number of anilines is 1. The molecular weight excluding hydrogens is 855 g/mol. The third kappa shape index (κ3) is 8.44. The summed E-state index contributed by atoms with van der Waals surface area (Å²) in [6, 6.07) is 8.84. The van der Waals surface area contributed by atoms with E-state index in [1.807, 2.05) is 4.90 Å². The first kappa shape index (κ1) is 46.3. The fourth-order valence-electron chi connectivity index (χ4n) is 10.9. The van der Waals surface area contributed by atoms with Crippen LogP contribution in [0.25, 0.3) is 32.8 Å². The number of aromatic nitrogens is 4. The van der Waals surface area contributed by atoms with Crippen LogP contribution in [0.5, 0.6) is 11.8 Å². The van der Waals surface area contributed by atoms with E-state index in [9.17, 15) is 9.18 Å². The number of carbonyl (C=O) groups is 1. The number of nitrogens with zero attached hydrogens (tertiary/aromatic N) is 7. The second-order valence-corrected chi connectivity index (χ2v) is 24.6. The molecule has 16 heteroatoms. The van der Waals surface area contributed by atoms with Crippen LogP contribution >= 0.6 is 0 Å². The van der Waals surface area contributed by atoms with Crippen LogP contribution in [0.1, 0.15) is 89.0 Å². The Hall–Kier alpha value is -5.24. The third-order valence-electron chi connectivity index (χ3n) is 13.9. The predicted octanol–water partition coefficient (Wildman–Crippen LogP) is 9.68. The van der Waals surface area contributed by atoms with Gasteiger partial charge in [-0.15, -0.1) is 5.54 Å². The number of benzene rings is 3. The molecular formula is C49H59F4N7O4Si. The van der Waals surface area contributed by atoms with Crippen LogP contribution in [0.3, 0.4) is 0 Å². The largest absolute Gasteiger partial charge is 0.468 e. The van der Waals surface area contributed by atoms with Crippen LogP contribution in [0.2, 0.25) is 16.6 Å². The first-order valence-corrected chi connectivity index (χ1v) is 24.9. The van der Waals surface area contributed by atoms with E-state index in [1.165, 1.54) is 30.2 Å². The normalized spacial score (nSPS) is 19.0.